The number of halogens is 1. The van der Waals surface area contributed by atoms with Gasteiger partial charge in [0.15, 0.2) is 0 Å². The number of hydrogen-bond donors (Lipinski definition) is 0. The Morgan fingerprint density at radius 1 is 1.17 bits per heavy atom. The van der Waals surface area contributed by atoms with E-state index in [0.29, 0.717) is 4.58 Å². The predicted molar refractivity (Wildman–Crippen MR) is 106 cm³/mol. The molecule has 1 aromatic carbocycles. The predicted octanol–water partition coefficient (Wildman–Crippen LogP) is 4.97. The number of carbonyl (C=O) groups excluding carboxylic acids is 1. The van der Waals surface area contributed by atoms with E-state index >= 15 is 0 Å². The zero-order valence-electron chi connectivity index (χ0n) is 14.0. The first-order valence-electron chi connectivity index (χ1n) is 8.41. The summed E-state index contributed by atoms with van der Waals surface area (Å²) in [5, 5.41) is 0. The van der Waals surface area contributed by atoms with Gasteiger partial charge in [0, 0.05) is 18.1 Å². The van der Waals surface area contributed by atoms with Gasteiger partial charge in [-0.1, -0.05) is 44.9 Å². The molecule has 2 nitrogen and oxygen atoms in total. The molecule has 0 N–H and O–H groups in total. The van der Waals surface area contributed by atoms with Crippen LogP contribution in [0.15, 0.2) is 18.2 Å². The molecule has 1 amide bonds. The number of para-hydroxylation sites is 1. The molecule has 0 aromatic heterocycles. The van der Waals surface area contributed by atoms with Crippen molar-refractivity contribution in [1.29, 1.82) is 0 Å². The topological polar surface area (TPSA) is 20.3 Å². The fraction of sp³-hybridized carbons (Fsp3) is 0.611. The Morgan fingerprint density at radius 2 is 1.74 bits per heavy atom. The summed E-state index contributed by atoms with van der Waals surface area (Å²) >= 11 is 9.85. The molecule has 1 saturated heterocycles. The molecular formula is C18H26ClNOS2. The van der Waals surface area contributed by atoms with Gasteiger partial charge < -0.3 is 4.90 Å². The van der Waals surface area contributed by atoms with E-state index in [2.05, 4.69) is 32.0 Å². The average molecular weight is 372 g/mol. The minimum absolute atomic E-state index is 0.0284. The van der Waals surface area contributed by atoms with E-state index in [1.54, 1.807) is 0 Å². The van der Waals surface area contributed by atoms with Crippen LogP contribution in [0.4, 0.5) is 5.69 Å². The van der Waals surface area contributed by atoms with Crippen molar-refractivity contribution in [2.75, 3.05) is 28.8 Å². The van der Waals surface area contributed by atoms with Gasteiger partial charge in [0.25, 0.3) is 0 Å². The van der Waals surface area contributed by atoms with Gasteiger partial charge in [-0.05, 0) is 24.0 Å². The number of nitrogens with zero attached hydrogens (tertiary/aromatic N) is 1. The van der Waals surface area contributed by atoms with Crippen LogP contribution in [0.5, 0.6) is 0 Å². The Morgan fingerprint density at radius 3 is 2.22 bits per heavy atom. The quantitative estimate of drug-likeness (QED) is 0.602. The summed E-state index contributed by atoms with van der Waals surface area (Å²) in [7, 11) is 0. The molecule has 0 unspecified atom stereocenters. The summed E-state index contributed by atoms with van der Waals surface area (Å²) in [4.78, 5) is 14.6. The van der Waals surface area contributed by atoms with Crippen molar-refractivity contribution in [1.82, 2.24) is 0 Å². The number of benzene rings is 1. The van der Waals surface area contributed by atoms with Gasteiger partial charge in [-0.3, -0.25) is 4.79 Å². The third-order valence-electron chi connectivity index (χ3n) is 3.95. The highest BCUT2D eigenvalue weighted by molar-refractivity contribution is 8.20. The summed E-state index contributed by atoms with van der Waals surface area (Å²) in [6, 6.07) is 6.46. The van der Waals surface area contributed by atoms with Gasteiger partial charge in [-0.2, -0.15) is 0 Å². The number of thioether (sulfide) groups is 2. The molecule has 1 fully saturated rings. The van der Waals surface area contributed by atoms with Crippen LogP contribution in [-0.2, 0) is 17.6 Å². The van der Waals surface area contributed by atoms with Crippen molar-refractivity contribution >= 4 is 46.7 Å². The van der Waals surface area contributed by atoms with Crippen molar-refractivity contribution in [2.45, 2.75) is 44.1 Å². The van der Waals surface area contributed by atoms with Crippen molar-refractivity contribution in [3.8, 4) is 0 Å². The fourth-order valence-corrected chi connectivity index (χ4v) is 5.90. The van der Waals surface area contributed by atoms with Gasteiger partial charge in [0.1, 0.15) is 5.88 Å². The van der Waals surface area contributed by atoms with Crippen LogP contribution in [0.25, 0.3) is 0 Å². The lowest BCUT2D eigenvalue weighted by Gasteiger charge is -2.29. The van der Waals surface area contributed by atoms with Crippen molar-refractivity contribution in [3.63, 3.8) is 0 Å². The van der Waals surface area contributed by atoms with Crippen molar-refractivity contribution in [2.24, 2.45) is 0 Å². The van der Waals surface area contributed by atoms with Gasteiger partial charge in [0.2, 0.25) is 5.91 Å². The molecule has 1 heterocycles. The number of alkyl halides is 1. The van der Waals surface area contributed by atoms with E-state index in [1.165, 1.54) is 22.6 Å². The second-order valence-electron chi connectivity index (χ2n) is 5.73. The molecule has 0 saturated carbocycles. The zero-order chi connectivity index (χ0) is 16.7. The molecule has 0 spiro atoms. The van der Waals surface area contributed by atoms with Gasteiger partial charge in [-0.15, -0.1) is 35.1 Å². The molecule has 5 heteroatoms. The SMILES string of the molecule is CCCc1cccc(CCC)c1N(CC1SCCS1)C(=O)CCl. The van der Waals surface area contributed by atoms with Crippen LogP contribution in [0.3, 0.4) is 0 Å². The Balaban J connectivity index is 2.39. The maximum atomic E-state index is 12.6. The highest BCUT2D eigenvalue weighted by Crippen LogP contribution is 2.36. The highest BCUT2D eigenvalue weighted by Gasteiger charge is 2.26. The molecule has 23 heavy (non-hydrogen) atoms. The number of amides is 1. The molecule has 0 aliphatic carbocycles. The number of aryl methyl sites for hydroxylation is 2. The first kappa shape index (κ1) is 19.0. The van der Waals surface area contributed by atoms with Crippen LogP contribution in [0, 0.1) is 0 Å². The second-order valence-corrected chi connectivity index (χ2v) is 8.92. The Labute approximate surface area is 153 Å². The van der Waals surface area contributed by atoms with Gasteiger partial charge in [-0.25, -0.2) is 0 Å². The molecule has 0 bridgehead atoms. The monoisotopic (exact) mass is 371 g/mol. The highest BCUT2D eigenvalue weighted by atomic mass is 35.5. The maximum absolute atomic E-state index is 12.6. The first-order valence-corrected chi connectivity index (χ1v) is 11.0. The van der Waals surface area contributed by atoms with Crippen molar-refractivity contribution < 1.29 is 4.79 Å². The van der Waals surface area contributed by atoms with Crippen LogP contribution in [0.1, 0.15) is 37.8 Å². The van der Waals surface area contributed by atoms with Crippen LogP contribution in [0.2, 0.25) is 0 Å². The number of anilines is 1. The third-order valence-corrected chi connectivity index (χ3v) is 7.17. The molecule has 1 aliphatic rings. The maximum Gasteiger partial charge on any atom is 0.241 e. The second kappa shape index (κ2) is 9.85. The summed E-state index contributed by atoms with van der Waals surface area (Å²) in [6.45, 7) is 5.14. The summed E-state index contributed by atoms with van der Waals surface area (Å²) < 4.78 is 0.464. The van der Waals surface area contributed by atoms with E-state index < -0.39 is 0 Å². The van der Waals surface area contributed by atoms with Crippen LogP contribution < -0.4 is 4.90 Å². The van der Waals surface area contributed by atoms with Crippen LogP contribution in [-0.4, -0.2) is 34.4 Å². The van der Waals surface area contributed by atoms with E-state index in [9.17, 15) is 4.79 Å². The fourth-order valence-electron chi connectivity index (χ4n) is 2.99. The molecular weight excluding hydrogens is 346 g/mol. The van der Waals surface area contributed by atoms with Gasteiger partial charge >= 0.3 is 0 Å². The standard InChI is InChI=1S/C18H26ClNOS2/c1-3-6-14-8-5-9-15(7-4-2)18(14)20(16(21)12-19)13-17-22-10-11-23-17/h5,8-9,17H,3-4,6-7,10-13H2,1-2H3. The van der Waals surface area contributed by atoms with E-state index in [-0.39, 0.29) is 11.8 Å². The van der Waals surface area contributed by atoms with E-state index in [0.717, 1.165) is 37.9 Å². The van der Waals surface area contributed by atoms with E-state index in [1.807, 2.05) is 28.4 Å². The smallest absolute Gasteiger partial charge is 0.241 e. The lowest BCUT2D eigenvalue weighted by molar-refractivity contribution is -0.116. The number of hydrogen-bond acceptors (Lipinski definition) is 3. The average Bonchev–Trinajstić information content (AvgIpc) is 3.06. The minimum atomic E-state index is 0.0284. The zero-order valence-corrected chi connectivity index (χ0v) is 16.4. The minimum Gasteiger partial charge on any atom is -0.309 e. The Kier molecular flexibility index (Phi) is 8.14. The number of carbonyl (C=O) groups is 1. The first-order chi connectivity index (χ1) is 11.2. The lowest BCUT2D eigenvalue weighted by atomic mass is 9.99. The molecule has 128 valence electrons. The summed E-state index contributed by atoms with van der Waals surface area (Å²) in [6.07, 6.45) is 4.17. The van der Waals surface area contributed by atoms with Crippen LogP contribution >= 0.6 is 35.1 Å². The lowest BCUT2D eigenvalue weighted by Crippen LogP contribution is -2.37. The van der Waals surface area contributed by atoms with Gasteiger partial charge in [0.05, 0.1) is 10.3 Å². The Bertz CT molecular complexity index is 493. The normalized spacial score (nSPS) is 15.1. The molecule has 2 rings (SSSR count). The van der Waals surface area contributed by atoms with Crippen molar-refractivity contribution in [3.05, 3.63) is 29.3 Å². The molecule has 0 atom stereocenters. The third kappa shape index (κ3) is 5.07. The molecule has 0 radical (unpaired) electrons. The molecule has 1 aliphatic heterocycles. The summed E-state index contributed by atoms with van der Waals surface area (Å²) in [5.74, 6) is 2.43. The largest absolute Gasteiger partial charge is 0.309 e. The molecule has 1 aromatic rings. The Hall–Kier alpha value is -0.320. The number of rotatable bonds is 8. The van der Waals surface area contributed by atoms with E-state index in [4.69, 9.17) is 11.6 Å². The summed E-state index contributed by atoms with van der Waals surface area (Å²) in [5.41, 5.74) is 3.70.